The van der Waals surface area contributed by atoms with E-state index in [0.29, 0.717) is 11.1 Å². The summed E-state index contributed by atoms with van der Waals surface area (Å²) in [6.45, 7) is 1.66. The van der Waals surface area contributed by atoms with Gasteiger partial charge in [0, 0.05) is 13.5 Å². The minimum atomic E-state index is -0.521. The van der Waals surface area contributed by atoms with Crippen molar-refractivity contribution in [2.45, 2.75) is 19.3 Å². The molecule has 0 N–H and O–H groups in total. The minimum absolute atomic E-state index is 0.137. The smallest absolute Gasteiger partial charge is 0.236 e. The molecule has 2 amide bonds. The molecule has 1 heterocycles. The molecule has 2 rings (SSSR count). The summed E-state index contributed by atoms with van der Waals surface area (Å²) in [6, 6.07) is 4.67. The van der Waals surface area contributed by atoms with Crippen LogP contribution in [0.15, 0.2) is 18.2 Å². The molecule has 0 bridgehead atoms. The number of rotatable bonds is 1. The van der Waals surface area contributed by atoms with E-state index in [4.69, 9.17) is 0 Å². The summed E-state index contributed by atoms with van der Waals surface area (Å²) in [5, 5.41) is 0. The Balaban J connectivity index is 2.35. The summed E-state index contributed by atoms with van der Waals surface area (Å²) in [4.78, 5) is 24.1. The summed E-state index contributed by atoms with van der Waals surface area (Å²) in [5.74, 6) is -1.33. The van der Waals surface area contributed by atoms with Crippen LogP contribution in [0.1, 0.15) is 23.5 Å². The highest BCUT2D eigenvalue weighted by Gasteiger charge is 2.37. The molecule has 0 saturated carbocycles. The van der Waals surface area contributed by atoms with Crippen LogP contribution in [0.25, 0.3) is 0 Å². The zero-order chi connectivity index (χ0) is 11.9. The quantitative estimate of drug-likeness (QED) is 0.675. The van der Waals surface area contributed by atoms with Crippen LogP contribution in [0.3, 0.4) is 0 Å². The van der Waals surface area contributed by atoms with Crippen LogP contribution in [0.5, 0.6) is 0 Å². The maximum absolute atomic E-state index is 13.3. The van der Waals surface area contributed by atoms with Crippen molar-refractivity contribution in [3.63, 3.8) is 0 Å². The third-order valence-electron chi connectivity index (χ3n) is 2.98. The highest BCUT2D eigenvalue weighted by atomic mass is 19.1. The average molecular weight is 221 g/mol. The summed E-state index contributed by atoms with van der Waals surface area (Å²) >= 11 is 0. The van der Waals surface area contributed by atoms with E-state index in [9.17, 15) is 14.0 Å². The van der Waals surface area contributed by atoms with Crippen LogP contribution in [0.4, 0.5) is 4.39 Å². The molecule has 0 aromatic heterocycles. The Morgan fingerprint density at radius 2 is 2.06 bits per heavy atom. The van der Waals surface area contributed by atoms with E-state index < -0.39 is 5.92 Å². The molecule has 4 heteroatoms. The van der Waals surface area contributed by atoms with Crippen LogP contribution in [0, 0.1) is 12.7 Å². The molecular weight excluding hydrogens is 209 g/mol. The lowest BCUT2D eigenvalue weighted by Crippen LogP contribution is -2.25. The van der Waals surface area contributed by atoms with Crippen molar-refractivity contribution in [2.75, 3.05) is 7.05 Å². The van der Waals surface area contributed by atoms with E-state index >= 15 is 0 Å². The highest BCUT2D eigenvalue weighted by molar-refractivity contribution is 6.05. The Morgan fingerprint density at radius 1 is 1.38 bits per heavy atom. The normalized spacial score (nSPS) is 20.7. The Hall–Kier alpha value is -1.71. The number of likely N-dealkylation sites (N-methyl/N-ethyl adjacent to an activating group) is 1. The maximum atomic E-state index is 13.3. The number of carbonyl (C=O) groups excluding carboxylic acids is 2. The number of carbonyl (C=O) groups is 2. The molecular formula is C12H12FNO2. The number of hydrogen-bond acceptors (Lipinski definition) is 2. The third kappa shape index (κ3) is 1.60. The minimum Gasteiger partial charge on any atom is -0.285 e. The lowest BCUT2D eigenvalue weighted by atomic mass is 9.96. The van der Waals surface area contributed by atoms with Crippen LogP contribution < -0.4 is 0 Å². The second-order valence-corrected chi connectivity index (χ2v) is 4.06. The van der Waals surface area contributed by atoms with Gasteiger partial charge in [-0.3, -0.25) is 14.5 Å². The Morgan fingerprint density at radius 3 is 2.56 bits per heavy atom. The van der Waals surface area contributed by atoms with Crippen molar-refractivity contribution in [1.82, 2.24) is 4.90 Å². The molecule has 0 spiro atoms. The van der Waals surface area contributed by atoms with E-state index in [1.807, 2.05) is 0 Å². The van der Waals surface area contributed by atoms with Gasteiger partial charge >= 0.3 is 0 Å². The molecule has 1 aliphatic heterocycles. The first-order valence-electron chi connectivity index (χ1n) is 5.07. The molecule has 3 nitrogen and oxygen atoms in total. The summed E-state index contributed by atoms with van der Waals surface area (Å²) in [7, 11) is 1.45. The van der Waals surface area contributed by atoms with Gasteiger partial charge in [0.2, 0.25) is 11.8 Å². The number of hydrogen-bond donors (Lipinski definition) is 0. The van der Waals surface area contributed by atoms with E-state index in [0.717, 1.165) is 4.90 Å². The molecule has 1 saturated heterocycles. The van der Waals surface area contributed by atoms with Gasteiger partial charge in [0.05, 0.1) is 5.92 Å². The van der Waals surface area contributed by atoms with Gasteiger partial charge in [-0.1, -0.05) is 12.1 Å². The van der Waals surface area contributed by atoms with E-state index in [2.05, 4.69) is 0 Å². The van der Waals surface area contributed by atoms with Gasteiger partial charge in [0.25, 0.3) is 0 Å². The first-order chi connectivity index (χ1) is 7.50. The molecule has 1 fully saturated rings. The second kappa shape index (κ2) is 3.70. The van der Waals surface area contributed by atoms with Gasteiger partial charge in [0.1, 0.15) is 5.82 Å². The number of halogens is 1. The zero-order valence-electron chi connectivity index (χ0n) is 9.16. The molecule has 0 aliphatic carbocycles. The molecule has 1 aromatic rings. The molecule has 1 aliphatic rings. The average Bonchev–Trinajstić information content (AvgIpc) is 2.50. The van der Waals surface area contributed by atoms with Crippen LogP contribution in [-0.4, -0.2) is 23.8 Å². The van der Waals surface area contributed by atoms with E-state index in [1.54, 1.807) is 19.1 Å². The fourth-order valence-electron chi connectivity index (χ4n) is 1.84. The van der Waals surface area contributed by atoms with Gasteiger partial charge < -0.3 is 0 Å². The Labute approximate surface area is 92.9 Å². The lowest BCUT2D eigenvalue weighted by molar-refractivity contribution is -0.137. The standard InChI is InChI=1S/C12H12FNO2/c1-7-3-4-8(5-10(7)13)9-6-11(15)14(2)12(9)16/h3-5,9H,6H2,1-2H3. The van der Waals surface area contributed by atoms with E-state index in [-0.39, 0.29) is 24.1 Å². The van der Waals surface area contributed by atoms with Gasteiger partial charge in [-0.05, 0) is 24.1 Å². The molecule has 16 heavy (non-hydrogen) atoms. The molecule has 0 radical (unpaired) electrons. The highest BCUT2D eigenvalue weighted by Crippen LogP contribution is 2.29. The largest absolute Gasteiger partial charge is 0.285 e. The number of likely N-dealkylation sites (tertiary alicyclic amines) is 1. The number of benzene rings is 1. The van der Waals surface area contributed by atoms with Crippen LogP contribution >= 0.6 is 0 Å². The number of imide groups is 1. The zero-order valence-corrected chi connectivity index (χ0v) is 9.16. The van der Waals surface area contributed by atoms with Crippen molar-refractivity contribution in [2.24, 2.45) is 0 Å². The first kappa shape index (κ1) is 10.8. The molecule has 1 atom stereocenters. The van der Waals surface area contributed by atoms with Gasteiger partial charge in [-0.2, -0.15) is 0 Å². The summed E-state index contributed by atoms with van der Waals surface area (Å²) in [5.41, 5.74) is 1.11. The second-order valence-electron chi connectivity index (χ2n) is 4.06. The van der Waals surface area contributed by atoms with Crippen LogP contribution in [0.2, 0.25) is 0 Å². The van der Waals surface area contributed by atoms with Gasteiger partial charge in [-0.25, -0.2) is 4.39 Å². The Bertz CT molecular complexity index is 470. The van der Waals surface area contributed by atoms with Gasteiger partial charge in [-0.15, -0.1) is 0 Å². The Kier molecular flexibility index (Phi) is 2.50. The molecule has 1 unspecified atom stereocenters. The summed E-state index contributed by atoms with van der Waals surface area (Å²) in [6.07, 6.45) is 0.137. The first-order valence-corrected chi connectivity index (χ1v) is 5.07. The number of amides is 2. The van der Waals surface area contributed by atoms with E-state index in [1.165, 1.54) is 13.1 Å². The fourth-order valence-corrected chi connectivity index (χ4v) is 1.84. The van der Waals surface area contributed by atoms with Gasteiger partial charge in [0.15, 0.2) is 0 Å². The van der Waals surface area contributed by atoms with Crippen molar-refractivity contribution in [3.05, 3.63) is 35.1 Å². The van der Waals surface area contributed by atoms with Crippen molar-refractivity contribution in [3.8, 4) is 0 Å². The molecule has 1 aromatic carbocycles. The topological polar surface area (TPSA) is 37.4 Å². The van der Waals surface area contributed by atoms with Crippen molar-refractivity contribution in [1.29, 1.82) is 0 Å². The van der Waals surface area contributed by atoms with Crippen molar-refractivity contribution < 1.29 is 14.0 Å². The predicted octanol–water partition coefficient (Wildman–Crippen LogP) is 1.61. The number of nitrogens with zero attached hydrogens (tertiary/aromatic N) is 1. The predicted molar refractivity (Wildman–Crippen MR) is 56.3 cm³/mol. The maximum Gasteiger partial charge on any atom is 0.236 e. The van der Waals surface area contributed by atoms with Crippen molar-refractivity contribution >= 4 is 11.8 Å². The fraction of sp³-hybridized carbons (Fsp3) is 0.333. The lowest BCUT2D eigenvalue weighted by Gasteiger charge is -2.09. The third-order valence-corrected chi connectivity index (χ3v) is 2.98. The summed E-state index contributed by atoms with van der Waals surface area (Å²) < 4.78 is 13.3. The van der Waals surface area contributed by atoms with Crippen LogP contribution in [-0.2, 0) is 9.59 Å². The monoisotopic (exact) mass is 221 g/mol. The molecule has 84 valence electrons. The SMILES string of the molecule is Cc1ccc(C2CC(=O)N(C)C2=O)cc1F. The number of aryl methyl sites for hydroxylation is 1.